The van der Waals surface area contributed by atoms with Gasteiger partial charge in [0, 0.05) is 25.5 Å². The quantitative estimate of drug-likeness (QED) is 0.488. The number of hydrogen-bond acceptors (Lipinski definition) is 5. The second-order valence-corrected chi connectivity index (χ2v) is 9.04. The van der Waals surface area contributed by atoms with Gasteiger partial charge in [0.25, 0.3) is 5.91 Å². The maximum absolute atomic E-state index is 14.5. The smallest absolute Gasteiger partial charge is 0.275 e. The van der Waals surface area contributed by atoms with E-state index >= 15 is 0 Å². The molecular formula is C23H22FN5OS. The molecular weight excluding hydrogens is 413 g/mol. The fraction of sp³-hybridized carbons (Fsp3) is 0.304. The monoisotopic (exact) mass is 435 g/mol. The van der Waals surface area contributed by atoms with Crippen molar-refractivity contribution < 1.29 is 9.18 Å². The van der Waals surface area contributed by atoms with Crippen LogP contribution in [0.4, 0.5) is 4.39 Å². The lowest BCUT2D eigenvalue weighted by Crippen LogP contribution is -2.35. The molecule has 1 amide bonds. The molecule has 0 aliphatic carbocycles. The minimum Gasteiger partial charge on any atom is -0.336 e. The Bertz CT molecular complexity index is 1300. The van der Waals surface area contributed by atoms with Crippen LogP contribution in [0.15, 0.2) is 42.7 Å². The first-order chi connectivity index (χ1) is 14.9. The molecule has 31 heavy (non-hydrogen) atoms. The molecule has 0 N–H and O–H groups in total. The lowest BCUT2D eigenvalue weighted by atomic mass is 9.80. The van der Waals surface area contributed by atoms with Crippen LogP contribution in [0.3, 0.4) is 0 Å². The zero-order valence-corrected chi connectivity index (χ0v) is 18.4. The van der Waals surface area contributed by atoms with Crippen molar-refractivity contribution in [3.05, 3.63) is 75.9 Å². The van der Waals surface area contributed by atoms with Crippen LogP contribution in [0.2, 0.25) is 0 Å². The average molecular weight is 436 g/mol. The summed E-state index contributed by atoms with van der Waals surface area (Å²) in [6.07, 6.45) is 2.17. The van der Waals surface area contributed by atoms with E-state index in [2.05, 4.69) is 14.5 Å². The number of rotatable bonds is 3. The molecule has 2 aromatic heterocycles. The fourth-order valence-corrected chi connectivity index (χ4v) is 5.23. The van der Waals surface area contributed by atoms with Crippen molar-refractivity contribution in [2.24, 2.45) is 7.05 Å². The predicted molar refractivity (Wildman–Crippen MR) is 118 cm³/mol. The fourth-order valence-electron chi connectivity index (χ4n) is 4.48. The number of benzene rings is 2. The molecule has 0 saturated carbocycles. The van der Waals surface area contributed by atoms with Crippen LogP contribution in [0, 0.1) is 19.7 Å². The molecule has 0 radical (unpaired) electrons. The van der Waals surface area contributed by atoms with Gasteiger partial charge in [0.05, 0.1) is 10.9 Å². The number of halogens is 1. The van der Waals surface area contributed by atoms with E-state index in [0.717, 1.165) is 27.0 Å². The van der Waals surface area contributed by atoms with E-state index in [0.29, 0.717) is 30.8 Å². The van der Waals surface area contributed by atoms with Gasteiger partial charge < -0.3 is 4.90 Å². The van der Waals surface area contributed by atoms with Crippen LogP contribution < -0.4 is 0 Å². The normalized spacial score (nSPS) is 18.8. The van der Waals surface area contributed by atoms with E-state index in [9.17, 15) is 9.18 Å². The van der Waals surface area contributed by atoms with Gasteiger partial charge in [-0.25, -0.2) is 9.37 Å². The van der Waals surface area contributed by atoms with E-state index in [4.69, 9.17) is 0 Å². The first-order valence-corrected chi connectivity index (χ1v) is 10.9. The molecule has 158 valence electrons. The summed E-state index contributed by atoms with van der Waals surface area (Å²) in [4.78, 5) is 19.8. The molecule has 3 heterocycles. The minimum absolute atomic E-state index is 0.116. The van der Waals surface area contributed by atoms with E-state index in [-0.39, 0.29) is 11.7 Å². The zero-order valence-electron chi connectivity index (χ0n) is 17.6. The van der Waals surface area contributed by atoms with Crippen molar-refractivity contribution in [1.82, 2.24) is 24.0 Å². The van der Waals surface area contributed by atoms with Gasteiger partial charge >= 0.3 is 0 Å². The van der Waals surface area contributed by atoms with Crippen molar-refractivity contribution >= 4 is 28.3 Å². The van der Waals surface area contributed by atoms with Gasteiger partial charge in [-0.05, 0) is 61.1 Å². The highest BCUT2D eigenvalue weighted by Gasteiger charge is 2.46. The molecule has 1 saturated heterocycles. The maximum atomic E-state index is 14.5. The van der Waals surface area contributed by atoms with Crippen molar-refractivity contribution in [1.29, 1.82) is 0 Å². The lowest BCUT2D eigenvalue weighted by Gasteiger charge is -2.27. The van der Waals surface area contributed by atoms with Crippen molar-refractivity contribution in [3.63, 3.8) is 0 Å². The predicted octanol–water partition coefficient (Wildman–Crippen LogP) is 4.01. The summed E-state index contributed by atoms with van der Waals surface area (Å²) < 4.78 is 20.4. The van der Waals surface area contributed by atoms with Crippen molar-refractivity contribution in [2.75, 3.05) is 13.1 Å². The number of amides is 1. The maximum Gasteiger partial charge on any atom is 0.275 e. The Kier molecular flexibility index (Phi) is 4.62. The highest BCUT2D eigenvalue weighted by molar-refractivity contribution is 7.05. The Hall–Kier alpha value is -3.13. The highest BCUT2D eigenvalue weighted by atomic mass is 32.1. The topological polar surface area (TPSA) is 63.9 Å². The van der Waals surface area contributed by atoms with E-state index in [1.165, 1.54) is 17.9 Å². The number of aromatic nitrogens is 4. The van der Waals surface area contributed by atoms with Gasteiger partial charge in [-0.3, -0.25) is 9.48 Å². The molecule has 2 aromatic carbocycles. The zero-order chi connectivity index (χ0) is 21.8. The van der Waals surface area contributed by atoms with E-state index in [1.54, 1.807) is 23.7 Å². The molecule has 1 atom stereocenters. The van der Waals surface area contributed by atoms with E-state index < -0.39 is 5.41 Å². The van der Waals surface area contributed by atoms with Crippen LogP contribution in [0.5, 0.6) is 0 Å². The third-order valence-electron chi connectivity index (χ3n) is 6.26. The number of carbonyl (C=O) groups is 1. The van der Waals surface area contributed by atoms with Crippen molar-refractivity contribution in [3.8, 4) is 0 Å². The Morgan fingerprint density at radius 1 is 1.19 bits per heavy atom. The Morgan fingerprint density at radius 3 is 2.77 bits per heavy atom. The molecule has 6 nitrogen and oxygen atoms in total. The first kappa shape index (κ1) is 19.8. The average Bonchev–Trinajstić information content (AvgIpc) is 3.49. The number of likely N-dealkylation sites (tertiary alicyclic amines) is 1. The van der Waals surface area contributed by atoms with Gasteiger partial charge in [-0.2, -0.15) is 9.47 Å². The SMILES string of the molecule is Cc1ccc2c(c1)c(C(=O)N1CC[C@@](c3ccc(C)c(F)c3)(c3ncns3)C1)nn2C. The summed E-state index contributed by atoms with van der Waals surface area (Å²) in [6, 6.07) is 11.3. The van der Waals surface area contributed by atoms with Gasteiger partial charge in [-0.15, -0.1) is 0 Å². The molecule has 0 bridgehead atoms. The molecule has 0 spiro atoms. The van der Waals surface area contributed by atoms with Crippen LogP contribution in [-0.2, 0) is 12.5 Å². The van der Waals surface area contributed by atoms with Gasteiger partial charge in [0.15, 0.2) is 5.69 Å². The summed E-state index contributed by atoms with van der Waals surface area (Å²) in [5.74, 6) is -0.368. The molecule has 1 aliphatic rings. The van der Waals surface area contributed by atoms with Gasteiger partial charge in [-0.1, -0.05) is 23.8 Å². The molecule has 1 aliphatic heterocycles. The molecule has 1 fully saturated rings. The number of carbonyl (C=O) groups excluding carboxylic acids is 1. The summed E-state index contributed by atoms with van der Waals surface area (Å²) in [7, 11) is 1.85. The summed E-state index contributed by atoms with van der Waals surface area (Å²) in [5.41, 5.74) is 3.29. The van der Waals surface area contributed by atoms with Crippen LogP contribution in [0.25, 0.3) is 10.9 Å². The third kappa shape index (κ3) is 3.13. The number of nitrogens with zero attached hydrogens (tertiary/aromatic N) is 5. The molecule has 5 rings (SSSR count). The molecule has 8 heteroatoms. The second-order valence-electron chi connectivity index (χ2n) is 8.26. The highest BCUT2D eigenvalue weighted by Crippen LogP contribution is 2.42. The van der Waals surface area contributed by atoms with Crippen LogP contribution in [-0.4, -0.2) is 43.0 Å². The molecule has 4 aromatic rings. The first-order valence-electron chi connectivity index (χ1n) is 10.2. The van der Waals surface area contributed by atoms with Crippen molar-refractivity contribution in [2.45, 2.75) is 25.7 Å². The van der Waals surface area contributed by atoms with Gasteiger partial charge in [0.2, 0.25) is 0 Å². The summed E-state index contributed by atoms with van der Waals surface area (Å²) in [6.45, 7) is 4.70. The van der Waals surface area contributed by atoms with E-state index in [1.807, 2.05) is 43.1 Å². The largest absolute Gasteiger partial charge is 0.336 e. The number of hydrogen-bond donors (Lipinski definition) is 0. The summed E-state index contributed by atoms with van der Waals surface area (Å²) >= 11 is 1.30. The minimum atomic E-state index is -0.578. The lowest BCUT2D eigenvalue weighted by molar-refractivity contribution is 0.0781. The number of fused-ring (bicyclic) bond motifs is 1. The second kappa shape index (κ2) is 7.23. The summed E-state index contributed by atoms with van der Waals surface area (Å²) in [5, 5.41) is 6.17. The standard InChI is InChI=1S/C23H22FN5OS/c1-14-4-7-19-17(10-14)20(27-28(19)3)21(30)29-9-8-23(12-29,22-25-13-26-31-22)16-6-5-15(2)18(24)11-16/h4-7,10-11,13H,8-9,12H2,1-3H3/t23-/m1/s1. The Morgan fingerprint density at radius 2 is 2.03 bits per heavy atom. The van der Waals surface area contributed by atoms with Crippen LogP contribution >= 0.6 is 11.5 Å². The third-order valence-corrected chi connectivity index (χ3v) is 7.13. The molecule has 0 unspecified atom stereocenters. The van der Waals surface area contributed by atoms with Crippen LogP contribution in [0.1, 0.15) is 38.6 Å². The Balaban J connectivity index is 1.55. The number of aryl methyl sites for hydroxylation is 3. The van der Waals surface area contributed by atoms with Gasteiger partial charge in [0.1, 0.15) is 17.2 Å². The Labute approximate surface area is 183 Å².